The average molecular weight is 304 g/mol. The Morgan fingerprint density at radius 2 is 2.38 bits per heavy atom. The van der Waals surface area contributed by atoms with Crippen molar-refractivity contribution in [1.29, 1.82) is 0 Å². The van der Waals surface area contributed by atoms with Gasteiger partial charge < -0.3 is 14.6 Å². The van der Waals surface area contributed by atoms with E-state index < -0.39 is 6.10 Å². The van der Waals surface area contributed by atoms with E-state index in [0.717, 1.165) is 11.3 Å². The van der Waals surface area contributed by atoms with Crippen LogP contribution >= 0.6 is 12.2 Å². The number of rotatable bonds is 4. The molecular weight excluding hydrogens is 288 g/mol. The summed E-state index contributed by atoms with van der Waals surface area (Å²) in [5, 5.41) is 9.69. The van der Waals surface area contributed by atoms with Gasteiger partial charge >= 0.3 is 0 Å². The van der Waals surface area contributed by atoms with Gasteiger partial charge in [0, 0.05) is 13.0 Å². The van der Waals surface area contributed by atoms with Crippen LogP contribution in [-0.2, 0) is 24.3 Å². The van der Waals surface area contributed by atoms with Gasteiger partial charge in [0.25, 0.3) is 5.91 Å². The van der Waals surface area contributed by atoms with Crippen LogP contribution in [0.1, 0.15) is 18.3 Å². The Kier molecular flexibility index (Phi) is 3.74. The largest absolute Gasteiger partial charge is 0.480 e. The van der Waals surface area contributed by atoms with Gasteiger partial charge in [-0.2, -0.15) is 5.10 Å². The molecule has 0 saturated carbocycles. The van der Waals surface area contributed by atoms with Crippen LogP contribution in [0.15, 0.2) is 24.3 Å². The quantitative estimate of drug-likeness (QED) is 0.841. The molecule has 2 heterocycles. The zero-order valence-corrected chi connectivity index (χ0v) is 12.4. The number of nitrogens with zero attached hydrogens (tertiary/aromatic N) is 2. The number of hydrogen-bond donors (Lipinski definition) is 2. The van der Waals surface area contributed by atoms with Crippen LogP contribution in [0, 0.1) is 4.77 Å². The number of hydrogen-bond acceptors (Lipinski definition) is 4. The number of H-pyrrole nitrogens is 1. The summed E-state index contributed by atoms with van der Waals surface area (Å²) in [6, 6.07) is 7.70. The molecule has 2 aromatic rings. The second kappa shape index (κ2) is 5.69. The van der Waals surface area contributed by atoms with Gasteiger partial charge in [-0.15, -0.1) is 0 Å². The highest BCUT2D eigenvalue weighted by atomic mass is 32.1. The van der Waals surface area contributed by atoms with Crippen LogP contribution in [0.5, 0.6) is 5.75 Å². The van der Waals surface area contributed by atoms with E-state index in [-0.39, 0.29) is 5.91 Å². The van der Waals surface area contributed by atoms with Crippen molar-refractivity contribution in [2.24, 2.45) is 0 Å². The number of nitrogens with one attached hydrogen (secondary N) is 2. The minimum atomic E-state index is -0.473. The highest BCUT2D eigenvalue weighted by Crippen LogP contribution is 2.28. The fourth-order valence-corrected chi connectivity index (χ4v) is 2.70. The number of carbonyl (C=O) groups is 1. The fourth-order valence-electron chi connectivity index (χ4n) is 2.42. The number of aromatic nitrogens is 3. The summed E-state index contributed by atoms with van der Waals surface area (Å²) in [5.41, 5.74) is 1.06. The molecule has 6 nitrogen and oxygen atoms in total. The number of para-hydroxylation sites is 1. The Balaban J connectivity index is 1.62. The molecule has 0 bridgehead atoms. The molecule has 0 spiro atoms. The molecule has 1 aromatic carbocycles. The topological polar surface area (TPSA) is 71.9 Å². The molecule has 0 fully saturated rings. The summed E-state index contributed by atoms with van der Waals surface area (Å²) in [6.45, 7) is 3.02. The third-order valence-electron chi connectivity index (χ3n) is 3.51. The molecule has 0 saturated heterocycles. The van der Waals surface area contributed by atoms with Crippen molar-refractivity contribution in [3.8, 4) is 5.75 Å². The maximum atomic E-state index is 12.2. The predicted octanol–water partition coefficient (Wildman–Crippen LogP) is 1.58. The van der Waals surface area contributed by atoms with Gasteiger partial charge in [0.15, 0.2) is 16.7 Å². The molecule has 2 N–H and O–H groups in total. The summed E-state index contributed by atoms with van der Waals surface area (Å²) in [6.07, 6.45) is 0.127. The number of amides is 1. The molecule has 1 aromatic heterocycles. The molecule has 21 heavy (non-hydrogen) atoms. The van der Waals surface area contributed by atoms with E-state index in [9.17, 15) is 4.79 Å². The number of benzene rings is 1. The van der Waals surface area contributed by atoms with E-state index in [1.807, 2.05) is 35.8 Å². The molecular formula is C14H16N4O2S. The fraction of sp³-hybridized carbons (Fsp3) is 0.357. The van der Waals surface area contributed by atoms with E-state index in [2.05, 4.69) is 15.5 Å². The van der Waals surface area contributed by atoms with Crippen molar-refractivity contribution in [2.75, 3.05) is 0 Å². The molecule has 3 rings (SSSR count). The molecule has 0 radical (unpaired) electrons. The SMILES string of the molecule is CCn1c(CNC(=O)C2Cc3ccccc3O2)n[nH]c1=S. The summed E-state index contributed by atoms with van der Waals surface area (Å²) < 4.78 is 8.06. The van der Waals surface area contributed by atoms with Gasteiger partial charge in [0.2, 0.25) is 0 Å². The lowest BCUT2D eigenvalue weighted by molar-refractivity contribution is -0.127. The minimum Gasteiger partial charge on any atom is -0.480 e. The lowest BCUT2D eigenvalue weighted by Crippen LogP contribution is -2.37. The van der Waals surface area contributed by atoms with Crippen molar-refractivity contribution in [2.45, 2.75) is 32.5 Å². The Hall–Kier alpha value is -2.15. The first-order chi connectivity index (χ1) is 10.2. The monoisotopic (exact) mass is 304 g/mol. The second-order valence-corrected chi connectivity index (χ2v) is 5.21. The Morgan fingerprint density at radius 3 is 3.14 bits per heavy atom. The van der Waals surface area contributed by atoms with Crippen LogP contribution in [-0.4, -0.2) is 26.8 Å². The van der Waals surface area contributed by atoms with Crippen molar-refractivity contribution in [3.05, 3.63) is 40.4 Å². The number of ether oxygens (including phenoxy) is 1. The first-order valence-corrected chi connectivity index (χ1v) is 7.26. The smallest absolute Gasteiger partial charge is 0.261 e. The molecule has 7 heteroatoms. The van der Waals surface area contributed by atoms with Crippen LogP contribution in [0.4, 0.5) is 0 Å². The molecule has 110 valence electrons. The normalized spacial score (nSPS) is 16.3. The van der Waals surface area contributed by atoms with Crippen LogP contribution in [0.2, 0.25) is 0 Å². The Morgan fingerprint density at radius 1 is 1.57 bits per heavy atom. The lowest BCUT2D eigenvalue weighted by Gasteiger charge is -2.11. The third-order valence-corrected chi connectivity index (χ3v) is 3.83. The first-order valence-electron chi connectivity index (χ1n) is 6.85. The maximum Gasteiger partial charge on any atom is 0.261 e. The molecule has 1 atom stereocenters. The standard InChI is InChI=1S/C14H16N4O2S/c1-2-18-12(16-17-14(18)21)8-15-13(19)11-7-9-5-3-4-6-10(9)20-11/h3-6,11H,2,7-8H2,1H3,(H,15,19)(H,17,21). The van der Waals surface area contributed by atoms with Gasteiger partial charge in [0.05, 0.1) is 6.54 Å². The number of carbonyl (C=O) groups excluding carboxylic acids is 1. The van der Waals surface area contributed by atoms with E-state index in [4.69, 9.17) is 17.0 Å². The highest BCUT2D eigenvalue weighted by Gasteiger charge is 2.28. The summed E-state index contributed by atoms with van der Waals surface area (Å²) in [5.74, 6) is 1.36. The zero-order valence-electron chi connectivity index (χ0n) is 11.6. The van der Waals surface area contributed by atoms with Crippen molar-refractivity contribution < 1.29 is 9.53 Å². The van der Waals surface area contributed by atoms with Gasteiger partial charge in [-0.3, -0.25) is 9.89 Å². The lowest BCUT2D eigenvalue weighted by atomic mass is 10.1. The molecule has 1 unspecified atom stereocenters. The van der Waals surface area contributed by atoms with Gasteiger partial charge in [-0.25, -0.2) is 0 Å². The highest BCUT2D eigenvalue weighted by molar-refractivity contribution is 7.71. The summed E-state index contributed by atoms with van der Waals surface area (Å²) in [7, 11) is 0. The van der Waals surface area contributed by atoms with E-state index in [1.54, 1.807) is 0 Å². The maximum absolute atomic E-state index is 12.2. The van der Waals surface area contributed by atoms with Gasteiger partial charge in [0.1, 0.15) is 5.75 Å². The van der Waals surface area contributed by atoms with Crippen molar-refractivity contribution >= 4 is 18.1 Å². The third kappa shape index (κ3) is 2.69. The zero-order chi connectivity index (χ0) is 14.8. The predicted molar refractivity (Wildman–Crippen MR) is 79.5 cm³/mol. The van der Waals surface area contributed by atoms with Gasteiger partial charge in [-0.1, -0.05) is 18.2 Å². The molecule has 1 amide bonds. The Bertz CT molecular complexity index is 697. The van der Waals surface area contributed by atoms with Crippen LogP contribution in [0.25, 0.3) is 0 Å². The molecule has 1 aliphatic heterocycles. The number of aromatic amines is 1. The second-order valence-electron chi connectivity index (χ2n) is 4.83. The van der Waals surface area contributed by atoms with E-state index in [0.29, 0.717) is 30.1 Å². The molecule has 0 aliphatic carbocycles. The van der Waals surface area contributed by atoms with Crippen molar-refractivity contribution in [1.82, 2.24) is 20.1 Å². The van der Waals surface area contributed by atoms with E-state index >= 15 is 0 Å². The van der Waals surface area contributed by atoms with Crippen LogP contribution < -0.4 is 10.1 Å². The summed E-state index contributed by atoms with van der Waals surface area (Å²) in [4.78, 5) is 12.2. The average Bonchev–Trinajstić information content (AvgIpc) is 3.07. The Labute approximate surface area is 127 Å². The van der Waals surface area contributed by atoms with Gasteiger partial charge in [-0.05, 0) is 30.8 Å². The molecule has 1 aliphatic rings. The number of fused-ring (bicyclic) bond motifs is 1. The minimum absolute atomic E-state index is 0.136. The van der Waals surface area contributed by atoms with Crippen LogP contribution in [0.3, 0.4) is 0 Å². The van der Waals surface area contributed by atoms with Crippen molar-refractivity contribution in [3.63, 3.8) is 0 Å². The van der Waals surface area contributed by atoms with E-state index in [1.165, 1.54) is 0 Å². The first kappa shape index (κ1) is 13.8. The summed E-state index contributed by atoms with van der Waals surface area (Å²) >= 11 is 5.11.